The number of ether oxygens (including phenoxy) is 2. The number of carbonyl (C=O) groups is 1. The summed E-state index contributed by atoms with van der Waals surface area (Å²) in [6.45, 7) is 3.83. The predicted octanol–water partition coefficient (Wildman–Crippen LogP) is 6.34. The summed E-state index contributed by atoms with van der Waals surface area (Å²) in [5.41, 5.74) is 2.38. The summed E-state index contributed by atoms with van der Waals surface area (Å²) in [4.78, 5) is 15.7. The van der Waals surface area contributed by atoms with Gasteiger partial charge >= 0.3 is 5.97 Å². The molecule has 1 N–H and O–H groups in total. The molecule has 164 valence electrons. The molecule has 32 heavy (non-hydrogen) atoms. The van der Waals surface area contributed by atoms with Crippen molar-refractivity contribution in [2.24, 2.45) is 0 Å². The molecule has 0 unspecified atom stereocenters. The predicted molar refractivity (Wildman–Crippen MR) is 124 cm³/mol. The quantitative estimate of drug-likeness (QED) is 0.340. The maximum Gasteiger partial charge on any atom is 0.344 e. The lowest BCUT2D eigenvalue weighted by atomic mass is 10.2. The molecule has 2 aromatic heterocycles. The highest BCUT2D eigenvalue weighted by Crippen LogP contribution is 2.36. The molecule has 0 amide bonds. The minimum Gasteiger partial charge on any atom is -0.479 e. The van der Waals surface area contributed by atoms with Gasteiger partial charge in [0.05, 0.1) is 17.6 Å². The second-order valence-corrected chi connectivity index (χ2v) is 8.13. The molecule has 0 aliphatic heterocycles. The van der Waals surface area contributed by atoms with E-state index in [0.29, 0.717) is 33.8 Å². The van der Waals surface area contributed by atoms with Crippen LogP contribution in [0.4, 0.5) is 0 Å². The maximum absolute atomic E-state index is 11.1. The number of benzene rings is 2. The molecule has 0 radical (unpaired) electrons. The first-order valence-corrected chi connectivity index (χ1v) is 10.6. The zero-order chi connectivity index (χ0) is 22.8. The zero-order valence-corrected chi connectivity index (χ0v) is 18.9. The van der Waals surface area contributed by atoms with Crippen LogP contribution in [0.2, 0.25) is 10.0 Å². The molecular weight excluding hydrogens is 451 g/mol. The van der Waals surface area contributed by atoms with Crippen LogP contribution in [0, 0.1) is 6.92 Å². The monoisotopic (exact) mass is 470 g/mol. The van der Waals surface area contributed by atoms with Crippen LogP contribution in [0.3, 0.4) is 0 Å². The highest BCUT2D eigenvalue weighted by molar-refractivity contribution is 6.31. The van der Waals surface area contributed by atoms with Gasteiger partial charge in [0.15, 0.2) is 11.9 Å². The minimum atomic E-state index is -1.04. The highest BCUT2D eigenvalue weighted by Gasteiger charge is 2.19. The summed E-state index contributed by atoms with van der Waals surface area (Å²) >= 11 is 12.4. The van der Waals surface area contributed by atoms with Gasteiger partial charge in [0.1, 0.15) is 17.1 Å². The van der Waals surface area contributed by atoms with Crippen molar-refractivity contribution in [2.75, 3.05) is 0 Å². The SMILES string of the molecule is Cc1c(Oc2ccc(Cl)cc2)c2cccnc2n1Cc1cc(O[C@H](C)C(=O)O)ccc1Cl. The van der Waals surface area contributed by atoms with E-state index < -0.39 is 12.1 Å². The average molecular weight is 471 g/mol. The van der Waals surface area contributed by atoms with Gasteiger partial charge in [0.25, 0.3) is 0 Å². The number of aliphatic carboxylic acids is 1. The molecule has 2 aromatic carbocycles. The van der Waals surface area contributed by atoms with Crippen LogP contribution in [0.25, 0.3) is 11.0 Å². The van der Waals surface area contributed by atoms with Gasteiger partial charge in [-0.2, -0.15) is 0 Å². The topological polar surface area (TPSA) is 73.6 Å². The van der Waals surface area contributed by atoms with Crippen LogP contribution >= 0.6 is 23.2 Å². The fourth-order valence-corrected chi connectivity index (χ4v) is 3.68. The number of hydrogen-bond acceptors (Lipinski definition) is 4. The number of aromatic nitrogens is 2. The van der Waals surface area contributed by atoms with E-state index in [1.165, 1.54) is 6.92 Å². The minimum absolute atomic E-state index is 0.404. The molecule has 8 heteroatoms. The summed E-state index contributed by atoms with van der Waals surface area (Å²) in [5, 5.41) is 11.1. The molecule has 4 rings (SSSR count). The van der Waals surface area contributed by atoms with Gasteiger partial charge in [-0.3, -0.25) is 0 Å². The fourth-order valence-electron chi connectivity index (χ4n) is 3.38. The lowest BCUT2D eigenvalue weighted by molar-refractivity contribution is -0.144. The fraction of sp³-hybridized carbons (Fsp3) is 0.167. The van der Waals surface area contributed by atoms with Crippen LogP contribution < -0.4 is 9.47 Å². The van der Waals surface area contributed by atoms with E-state index >= 15 is 0 Å². The molecule has 6 nitrogen and oxygen atoms in total. The largest absolute Gasteiger partial charge is 0.479 e. The number of hydrogen-bond donors (Lipinski definition) is 1. The molecule has 0 spiro atoms. The molecule has 0 saturated carbocycles. The highest BCUT2D eigenvalue weighted by atomic mass is 35.5. The Kier molecular flexibility index (Phi) is 6.26. The Morgan fingerprint density at radius 1 is 1.12 bits per heavy atom. The van der Waals surface area contributed by atoms with Gasteiger partial charge in [0, 0.05) is 16.2 Å². The molecule has 0 aliphatic carbocycles. The Balaban J connectivity index is 1.72. The normalized spacial score (nSPS) is 12.0. The van der Waals surface area contributed by atoms with Crippen molar-refractivity contribution in [3.8, 4) is 17.2 Å². The maximum atomic E-state index is 11.1. The standard InChI is InChI=1S/C24H20Cl2N2O4/c1-14-22(32-18-7-5-17(25)6-8-18)20-4-3-11-27-23(20)28(14)13-16-12-19(9-10-21(16)26)31-15(2)24(29)30/h3-12,15H,13H2,1-2H3,(H,29,30)/t15-/m1/s1. The Morgan fingerprint density at radius 2 is 1.84 bits per heavy atom. The van der Waals surface area contributed by atoms with Gasteiger partial charge in [-0.15, -0.1) is 0 Å². The third kappa shape index (κ3) is 4.52. The van der Waals surface area contributed by atoms with E-state index in [4.69, 9.17) is 37.8 Å². The van der Waals surface area contributed by atoms with Crippen molar-refractivity contribution in [2.45, 2.75) is 26.5 Å². The molecule has 0 aliphatic rings. The molecule has 0 bridgehead atoms. The molecule has 0 saturated heterocycles. The Bertz CT molecular complexity index is 1290. The third-order valence-corrected chi connectivity index (χ3v) is 5.68. The van der Waals surface area contributed by atoms with Crippen LogP contribution in [-0.2, 0) is 11.3 Å². The molecular formula is C24H20Cl2N2O4. The van der Waals surface area contributed by atoms with E-state index in [2.05, 4.69) is 4.98 Å². The van der Waals surface area contributed by atoms with Crippen molar-refractivity contribution in [1.82, 2.24) is 9.55 Å². The van der Waals surface area contributed by atoms with Crippen molar-refractivity contribution in [3.05, 3.63) is 82.1 Å². The van der Waals surface area contributed by atoms with Gasteiger partial charge in [-0.05, 0) is 74.0 Å². The van der Waals surface area contributed by atoms with Crippen molar-refractivity contribution in [3.63, 3.8) is 0 Å². The van der Waals surface area contributed by atoms with Gasteiger partial charge in [0.2, 0.25) is 0 Å². The van der Waals surface area contributed by atoms with Crippen molar-refractivity contribution in [1.29, 1.82) is 0 Å². The number of halogens is 2. The number of pyridine rings is 1. The van der Waals surface area contributed by atoms with Crippen LogP contribution in [0.1, 0.15) is 18.2 Å². The Morgan fingerprint density at radius 3 is 2.56 bits per heavy atom. The second kappa shape index (κ2) is 9.10. The third-order valence-electron chi connectivity index (χ3n) is 5.06. The van der Waals surface area contributed by atoms with E-state index in [1.54, 1.807) is 36.5 Å². The molecule has 2 heterocycles. The summed E-state index contributed by atoms with van der Waals surface area (Å²) in [7, 11) is 0. The summed E-state index contributed by atoms with van der Waals surface area (Å²) < 4.78 is 13.7. The van der Waals surface area contributed by atoms with E-state index in [1.807, 2.05) is 35.8 Å². The number of carboxylic acid groups (broad SMARTS) is 1. The summed E-state index contributed by atoms with van der Waals surface area (Å²) in [6, 6.07) is 16.1. The molecule has 0 fully saturated rings. The first-order valence-electron chi connectivity index (χ1n) is 9.88. The first-order chi connectivity index (χ1) is 15.3. The zero-order valence-electron chi connectivity index (χ0n) is 17.4. The number of rotatable bonds is 7. The van der Waals surface area contributed by atoms with Gasteiger partial charge < -0.3 is 19.1 Å². The van der Waals surface area contributed by atoms with E-state index in [0.717, 1.165) is 22.3 Å². The number of nitrogens with zero attached hydrogens (tertiary/aromatic N) is 2. The second-order valence-electron chi connectivity index (χ2n) is 7.28. The number of carboxylic acids is 1. The lowest BCUT2D eigenvalue weighted by Gasteiger charge is -2.14. The van der Waals surface area contributed by atoms with Crippen LogP contribution in [-0.4, -0.2) is 26.7 Å². The smallest absolute Gasteiger partial charge is 0.344 e. The van der Waals surface area contributed by atoms with Crippen molar-refractivity contribution >= 4 is 40.2 Å². The van der Waals surface area contributed by atoms with E-state index in [-0.39, 0.29) is 0 Å². The molecule has 4 aromatic rings. The van der Waals surface area contributed by atoms with Crippen LogP contribution in [0.15, 0.2) is 60.8 Å². The lowest BCUT2D eigenvalue weighted by Crippen LogP contribution is -2.22. The van der Waals surface area contributed by atoms with Crippen molar-refractivity contribution < 1.29 is 19.4 Å². The van der Waals surface area contributed by atoms with E-state index in [9.17, 15) is 4.79 Å². The first kappa shape index (κ1) is 22.0. The number of fused-ring (bicyclic) bond motifs is 1. The molecule has 1 atom stereocenters. The average Bonchev–Trinajstić information content (AvgIpc) is 3.03. The van der Waals surface area contributed by atoms with Crippen LogP contribution in [0.5, 0.6) is 17.2 Å². The Hall–Kier alpha value is -3.22. The Labute approximate surface area is 194 Å². The van der Waals surface area contributed by atoms with Gasteiger partial charge in [-0.1, -0.05) is 23.2 Å². The summed E-state index contributed by atoms with van der Waals surface area (Å²) in [5.74, 6) is 0.746. The van der Waals surface area contributed by atoms with Gasteiger partial charge in [-0.25, -0.2) is 9.78 Å². The summed E-state index contributed by atoms with van der Waals surface area (Å²) in [6.07, 6.45) is 0.749.